The minimum atomic E-state index is -0.0808. The molecule has 166 valence electrons. The highest BCUT2D eigenvalue weighted by atomic mass is 32.1. The van der Waals surface area contributed by atoms with E-state index in [9.17, 15) is 10.5 Å². The summed E-state index contributed by atoms with van der Waals surface area (Å²) in [6.07, 6.45) is 10.2. The Hall–Kier alpha value is -4.28. The average molecular weight is 466 g/mol. The van der Waals surface area contributed by atoms with Gasteiger partial charge in [-0.2, -0.15) is 15.6 Å². The summed E-state index contributed by atoms with van der Waals surface area (Å²) in [5.41, 5.74) is 3.10. The van der Waals surface area contributed by atoms with E-state index in [0.29, 0.717) is 18.5 Å². The van der Waals surface area contributed by atoms with Gasteiger partial charge in [0.25, 0.3) is 0 Å². The fourth-order valence-electron chi connectivity index (χ4n) is 4.89. The van der Waals surface area contributed by atoms with E-state index >= 15 is 0 Å². The standard InChI is InChI=1S/C24H19N9S/c25-5-1-20(33-13-16(10-31-33)22-18-2-6-27-23(18)30-14-29-22)15-3-7-32(12-15)24-19(9-26)17-4-8-34-21(17)11-28-24/h2,4,6,8,10-11,13-15,20H,1,3,7,12H2,(H,27,29,30)/t15-,20-/m0/s1. The Balaban J connectivity index is 1.29. The van der Waals surface area contributed by atoms with Crippen LogP contribution < -0.4 is 4.90 Å². The summed E-state index contributed by atoms with van der Waals surface area (Å²) in [5.74, 6) is 0.931. The van der Waals surface area contributed by atoms with Gasteiger partial charge in [-0.05, 0) is 23.9 Å². The summed E-state index contributed by atoms with van der Waals surface area (Å²) in [6, 6.07) is 8.55. The molecule has 5 aromatic rings. The molecular weight excluding hydrogens is 446 g/mol. The van der Waals surface area contributed by atoms with Crippen molar-refractivity contribution in [3.8, 4) is 23.4 Å². The first-order valence-corrected chi connectivity index (χ1v) is 11.9. The smallest absolute Gasteiger partial charge is 0.147 e. The Morgan fingerprint density at radius 2 is 2.12 bits per heavy atom. The molecule has 0 spiro atoms. The third-order valence-electron chi connectivity index (χ3n) is 6.54. The van der Waals surface area contributed by atoms with Gasteiger partial charge in [-0.3, -0.25) is 4.68 Å². The summed E-state index contributed by atoms with van der Waals surface area (Å²) >= 11 is 1.59. The Morgan fingerprint density at radius 3 is 3.00 bits per heavy atom. The van der Waals surface area contributed by atoms with Crippen molar-refractivity contribution in [2.24, 2.45) is 5.92 Å². The molecule has 0 aromatic carbocycles. The van der Waals surface area contributed by atoms with Crippen molar-refractivity contribution in [3.63, 3.8) is 0 Å². The molecule has 0 unspecified atom stereocenters. The lowest BCUT2D eigenvalue weighted by Gasteiger charge is -2.23. The highest BCUT2D eigenvalue weighted by Gasteiger charge is 2.33. The summed E-state index contributed by atoms with van der Waals surface area (Å²) in [5, 5.41) is 27.9. The molecule has 0 saturated carbocycles. The van der Waals surface area contributed by atoms with Crippen LogP contribution in [0, 0.1) is 28.6 Å². The van der Waals surface area contributed by atoms with Crippen LogP contribution >= 0.6 is 11.3 Å². The molecular formula is C24H19N9S. The number of hydrogen-bond donors (Lipinski definition) is 1. The molecule has 1 aliphatic rings. The molecule has 10 heteroatoms. The van der Waals surface area contributed by atoms with E-state index in [4.69, 9.17) is 0 Å². The number of hydrogen-bond acceptors (Lipinski definition) is 8. The number of aromatic amines is 1. The Kier molecular flexibility index (Phi) is 4.93. The van der Waals surface area contributed by atoms with Crippen molar-refractivity contribution in [2.75, 3.05) is 18.0 Å². The van der Waals surface area contributed by atoms with Crippen molar-refractivity contribution in [3.05, 3.63) is 54.2 Å². The second-order valence-corrected chi connectivity index (χ2v) is 9.31. The summed E-state index contributed by atoms with van der Waals surface area (Å²) in [6.45, 7) is 1.50. The first-order chi connectivity index (χ1) is 16.8. The van der Waals surface area contributed by atoms with E-state index in [1.807, 2.05) is 40.8 Å². The minimum Gasteiger partial charge on any atom is -0.355 e. The van der Waals surface area contributed by atoms with E-state index in [1.165, 1.54) is 6.33 Å². The Labute approximate surface area is 198 Å². The van der Waals surface area contributed by atoms with Crippen molar-refractivity contribution in [2.45, 2.75) is 18.9 Å². The molecule has 9 nitrogen and oxygen atoms in total. The lowest BCUT2D eigenvalue weighted by Crippen LogP contribution is -2.26. The van der Waals surface area contributed by atoms with Gasteiger partial charge in [0.05, 0.1) is 35.1 Å². The van der Waals surface area contributed by atoms with E-state index in [-0.39, 0.29) is 12.0 Å². The zero-order chi connectivity index (χ0) is 23.1. The van der Waals surface area contributed by atoms with Gasteiger partial charge in [0.15, 0.2) is 0 Å². The number of fused-ring (bicyclic) bond motifs is 2. The second-order valence-electron chi connectivity index (χ2n) is 8.36. The number of anilines is 1. The van der Waals surface area contributed by atoms with Crippen LogP contribution in [0.25, 0.3) is 32.4 Å². The molecule has 0 bridgehead atoms. The van der Waals surface area contributed by atoms with Gasteiger partial charge in [0, 0.05) is 53.9 Å². The number of pyridine rings is 1. The number of rotatable bonds is 5. The lowest BCUT2D eigenvalue weighted by molar-refractivity contribution is 0.332. The van der Waals surface area contributed by atoms with Crippen LogP contribution in [-0.2, 0) is 0 Å². The Morgan fingerprint density at radius 1 is 1.18 bits per heavy atom. The van der Waals surface area contributed by atoms with Crippen LogP contribution in [0.4, 0.5) is 5.82 Å². The fourth-order valence-corrected chi connectivity index (χ4v) is 5.65. The van der Waals surface area contributed by atoms with Gasteiger partial charge in [-0.25, -0.2) is 15.0 Å². The number of nitrogens with one attached hydrogen (secondary N) is 1. The lowest BCUT2D eigenvalue weighted by atomic mass is 9.96. The molecule has 1 N–H and O–H groups in total. The number of nitriles is 2. The molecule has 0 aliphatic carbocycles. The summed E-state index contributed by atoms with van der Waals surface area (Å²) in [7, 11) is 0. The van der Waals surface area contributed by atoms with Gasteiger partial charge in [-0.15, -0.1) is 11.3 Å². The number of H-pyrrole nitrogens is 1. The third kappa shape index (κ3) is 3.28. The van der Waals surface area contributed by atoms with Crippen molar-refractivity contribution in [1.82, 2.24) is 29.7 Å². The number of thiophene rings is 1. The molecule has 5 aromatic heterocycles. The van der Waals surface area contributed by atoms with Gasteiger partial charge in [-0.1, -0.05) is 0 Å². The zero-order valence-corrected chi connectivity index (χ0v) is 18.9. The quantitative estimate of drug-likeness (QED) is 0.411. The SMILES string of the molecule is N#CC[C@@H]([C@H]1CCN(c2ncc3sccc3c2C#N)C1)n1cc(-c2ncnc3[nH]ccc23)cn1. The van der Waals surface area contributed by atoms with E-state index in [0.717, 1.165) is 51.2 Å². The molecule has 1 aliphatic heterocycles. The van der Waals surface area contributed by atoms with Crippen molar-refractivity contribution >= 4 is 38.3 Å². The van der Waals surface area contributed by atoms with Crippen LogP contribution in [0.5, 0.6) is 0 Å². The van der Waals surface area contributed by atoms with E-state index in [1.54, 1.807) is 17.5 Å². The molecule has 0 radical (unpaired) electrons. The first-order valence-electron chi connectivity index (χ1n) is 11.0. The van der Waals surface area contributed by atoms with Gasteiger partial charge in [0.2, 0.25) is 0 Å². The normalized spacial score (nSPS) is 16.6. The Bertz CT molecular complexity index is 1580. The first kappa shape index (κ1) is 20.3. The van der Waals surface area contributed by atoms with Gasteiger partial charge in [0.1, 0.15) is 29.4 Å². The van der Waals surface area contributed by atoms with E-state index < -0.39 is 0 Å². The van der Waals surface area contributed by atoms with Crippen molar-refractivity contribution in [1.29, 1.82) is 10.5 Å². The predicted octanol–water partition coefficient (Wildman–Crippen LogP) is 4.28. The van der Waals surface area contributed by atoms with Crippen LogP contribution in [0.3, 0.4) is 0 Å². The molecule has 6 heterocycles. The van der Waals surface area contributed by atoms with Crippen LogP contribution in [0.2, 0.25) is 0 Å². The molecule has 1 saturated heterocycles. The van der Waals surface area contributed by atoms with E-state index in [2.05, 4.69) is 42.1 Å². The molecule has 2 atom stereocenters. The number of aromatic nitrogens is 6. The molecule has 1 fully saturated rings. The summed E-state index contributed by atoms with van der Waals surface area (Å²) < 4.78 is 2.91. The molecule has 34 heavy (non-hydrogen) atoms. The second kappa shape index (κ2) is 8.25. The molecule has 6 rings (SSSR count). The average Bonchev–Trinajstić information content (AvgIpc) is 3.67. The van der Waals surface area contributed by atoms with Crippen LogP contribution in [0.15, 0.2) is 48.6 Å². The maximum atomic E-state index is 9.82. The maximum absolute atomic E-state index is 9.82. The third-order valence-corrected chi connectivity index (χ3v) is 7.39. The largest absolute Gasteiger partial charge is 0.355 e. The highest BCUT2D eigenvalue weighted by molar-refractivity contribution is 7.17. The predicted molar refractivity (Wildman–Crippen MR) is 129 cm³/mol. The monoisotopic (exact) mass is 465 g/mol. The summed E-state index contributed by atoms with van der Waals surface area (Å²) in [4.78, 5) is 18.6. The van der Waals surface area contributed by atoms with Gasteiger partial charge < -0.3 is 9.88 Å². The van der Waals surface area contributed by atoms with Gasteiger partial charge >= 0.3 is 0 Å². The minimum absolute atomic E-state index is 0.0808. The molecule has 0 amide bonds. The van der Waals surface area contributed by atoms with Crippen LogP contribution in [-0.4, -0.2) is 42.8 Å². The zero-order valence-electron chi connectivity index (χ0n) is 18.1. The topological polar surface area (TPSA) is 123 Å². The fraction of sp³-hybridized carbons (Fsp3) is 0.250. The number of nitrogens with zero attached hydrogens (tertiary/aromatic N) is 8. The van der Waals surface area contributed by atoms with Crippen molar-refractivity contribution < 1.29 is 0 Å². The van der Waals surface area contributed by atoms with Crippen LogP contribution in [0.1, 0.15) is 24.4 Å². The maximum Gasteiger partial charge on any atom is 0.147 e. The highest BCUT2D eigenvalue weighted by Crippen LogP contribution is 2.36.